The minimum absolute atomic E-state index is 0.109. The van der Waals surface area contributed by atoms with E-state index >= 15 is 0 Å². The lowest BCUT2D eigenvalue weighted by atomic mass is 9.96. The summed E-state index contributed by atoms with van der Waals surface area (Å²) in [7, 11) is 0. The maximum absolute atomic E-state index is 11.6. The molecule has 0 radical (unpaired) electrons. The molecule has 1 aliphatic heterocycles. The summed E-state index contributed by atoms with van der Waals surface area (Å²) < 4.78 is 4.84. The standard InChI is InChI=1S/C11H18N4O2/c16-10(6-9-2-1-4-12-7-9)13-5-3-11-14-8-15-17-11/h8-9,12H,1-7H2,(H,13,16). The number of nitrogens with zero attached hydrogens (tertiary/aromatic N) is 2. The minimum Gasteiger partial charge on any atom is -0.356 e. The van der Waals surface area contributed by atoms with E-state index in [0.29, 0.717) is 31.2 Å². The molecule has 17 heavy (non-hydrogen) atoms. The number of rotatable bonds is 5. The van der Waals surface area contributed by atoms with Crippen molar-refractivity contribution in [2.24, 2.45) is 5.92 Å². The Hall–Kier alpha value is -1.43. The monoisotopic (exact) mass is 238 g/mol. The summed E-state index contributed by atoms with van der Waals surface area (Å²) in [5, 5.41) is 9.69. The van der Waals surface area contributed by atoms with E-state index in [9.17, 15) is 4.79 Å². The summed E-state index contributed by atoms with van der Waals surface area (Å²) in [6.45, 7) is 2.59. The zero-order chi connectivity index (χ0) is 11.9. The van der Waals surface area contributed by atoms with Gasteiger partial charge in [-0.25, -0.2) is 0 Å². The average molecular weight is 238 g/mol. The van der Waals surface area contributed by atoms with Crippen LogP contribution in [-0.4, -0.2) is 35.7 Å². The first-order valence-electron chi connectivity index (χ1n) is 6.07. The van der Waals surface area contributed by atoms with Crippen LogP contribution in [0.3, 0.4) is 0 Å². The number of carbonyl (C=O) groups is 1. The molecule has 1 saturated heterocycles. The Labute approximate surface area is 100 Å². The lowest BCUT2D eigenvalue weighted by Crippen LogP contribution is -2.34. The molecule has 1 atom stereocenters. The highest BCUT2D eigenvalue weighted by molar-refractivity contribution is 5.76. The summed E-state index contributed by atoms with van der Waals surface area (Å²) in [6.07, 6.45) is 4.88. The van der Waals surface area contributed by atoms with E-state index < -0.39 is 0 Å². The molecule has 2 heterocycles. The molecule has 6 nitrogen and oxygen atoms in total. The second-order valence-corrected chi connectivity index (χ2v) is 4.35. The zero-order valence-corrected chi connectivity index (χ0v) is 9.82. The summed E-state index contributed by atoms with van der Waals surface area (Å²) >= 11 is 0. The first kappa shape index (κ1) is 12.0. The van der Waals surface area contributed by atoms with Crippen LogP contribution in [0.2, 0.25) is 0 Å². The maximum Gasteiger partial charge on any atom is 0.228 e. The van der Waals surface area contributed by atoms with Crippen LogP contribution in [-0.2, 0) is 11.2 Å². The van der Waals surface area contributed by atoms with Crippen LogP contribution in [0.1, 0.15) is 25.2 Å². The van der Waals surface area contributed by atoms with E-state index in [0.717, 1.165) is 19.5 Å². The molecule has 2 N–H and O–H groups in total. The highest BCUT2D eigenvalue weighted by atomic mass is 16.5. The van der Waals surface area contributed by atoms with E-state index in [2.05, 4.69) is 20.8 Å². The van der Waals surface area contributed by atoms with Gasteiger partial charge in [0, 0.05) is 19.4 Å². The van der Waals surface area contributed by atoms with Gasteiger partial charge in [-0.05, 0) is 31.8 Å². The van der Waals surface area contributed by atoms with Crippen molar-refractivity contribution in [1.29, 1.82) is 0 Å². The van der Waals surface area contributed by atoms with Crippen molar-refractivity contribution in [2.45, 2.75) is 25.7 Å². The van der Waals surface area contributed by atoms with Crippen LogP contribution in [0.25, 0.3) is 0 Å². The van der Waals surface area contributed by atoms with Gasteiger partial charge in [-0.3, -0.25) is 4.79 Å². The largest absolute Gasteiger partial charge is 0.356 e. The van der Waals surface area contributed by atoms with Crippen LogP contribution in [0.4, 0.5) is 0 Å². The Balaban J connectivity index is 1.60. The molecule has 0 spiro atoms. The predicted molar refractivity (Wildman–Crippen MR) is 61.2 cm³/mol. The van der Waals surface area contributed by atoms with Crippen LogP contribution in [0.15, 0.2) is 10.9 Å². The van der Waals surface area contributed by atoms with E-state index in [4.69, 9.17) is 4.52 Å². The van der Waals surface area contributed by atoms with Gasteiger partial charge in [0.1, 0.15) is 0 Å². The van der Waals surface area contributed by atoms with E-state index in [1.807, 2.05) is 0 Å². The topological polar surface area (TPSA) is 80.0 Å². The molecule has 94 valence electrons. The van der Waals surface area contributed by atoms with E-state index in [1.165, 1.54) is 12.7 Å². The van der Waals surface area contributed by atoms with Crippen LogP contribution < -0.4 is 10.6 Å². The van der Waals surface area contributed by atoms with Gasteiger partial charge in [0.2, 0.25) is 11.8 Å². The summed E-state index contributed by atoms with van der Waals surface area (Å²) in [5.41, 5.74) is 0. The van der Waals surface area contributed by atoms with Crippen molar-refractivity contribution in [3.63, 3.8) is 0 Å². The molecule has 1 amide bonds. The molecule has 1 unspecified atom stereocenters. The molecule has 2 rings (SSSR count). The van der Waals surface area contributed by atoms with Crippen molar-refractivity contribution >= 4 is 5.91 Å². The summed E-state index contributed by atoms with van der Waals surface area (Å²) in [6, 6.07) is 0. The molecule has 0 saturated carbocycles. The molecule has 1 aromatic heterocycles. The fraction of sp³-hybridized carbons (Fsp3) is 0.727. The zero-order valence-electron chi connectivity index (χ0n) is 9.82. The summed E-state index contributed by atoms with van der Waals surface area (Å²) in [5.74, 6) is 1.15. The molecule has 1 aliphatic rings. The molecule has 0 aromatic carbocycles. The lowest BCUT2D eigenvalue weighted by Gasteiger charge is -2.21. The molecule has 1 aromatic rings. The second kappa shape index (κ2) is 6.34. The normalized spacial score (nSPS) is 20.1. The number of carbonyl (C=O) groups excluding carboxylic acids is 1. The Morgan fingerprint density at radius 1 is 1.65 bits per heavy atom. The molecule has 1 fully saturated rings. The Kier molecular flexibility index (Phi) is 4.49. The summed E-state index contributed by atoms with van der Waals surface area (Å²) in [4.78, 5) is 15.5. The van der Waals surface area contributed by atoms with Gasteiger partial charge < -0.3 is 15.2 Å². The van der Waals surface area contributed by atoms with Crippen LogP contribution in [0.5, 0.6) is 0 Å². The molecular weight excluding hydrogens is 220 g/mol. The third-order valence-corrected chi connectivity index (χ3v) is 2.94. The fourth-order valence-corrected chi connectivity index (χ4v) is 2.05. The van der Waals surface area contributed by atoms with Crippen LogP contribution in [0, 0.1) is 5.92 Å². The number of nitrogens with one attached hydrogen (secondary N) is 2. The highest BCUT2D eigenvalue weighted by Crippen LogP contribution is 2.13. The number of aromatic nitrogens is 2. The van der Waals surface area contributed by atoms with Gasteiger partial charge in [-0.15, -0.1) is 0 Å². The van der Waals surface area contributed by atoms with Gasteiger partial charge in [-0.1, -0.05) is 5.16 Å². The first-order chi connectivity index (χ1) is 8.34. The number of amides is 1. The molecule has 0 bridgehead atoms. The van der Waals surface area contributed by atoms with Gasteiger partial charge in [0.05, 0.1) is 0 Å². The van der Waals surface area contributed by atoms with Crippen molar-refractivity contribution in [1.82, 2.24) is 20.8 Å². The molecular formula is C11H18N4O2. The fourth-order valence-electron chi connectivity index (χ4n) is 2.05. The number of piperidine rings is 1. The predicted octanol–water partition coefficient (Wildman–Crippen LogP) is 0.118. The van der Waals surface area contributed by atoms with Crippen molar-refractivity contribution < 1.29 is 9.32 Å². The van der Waals surface area contributed by atoms with Gasteiger partial charge in [-0.2, -0.15) is 4.98 Å². The minimum atomic E-state index is 0.109. The first-order valence-corrected chi connectivity index (χ1v) is 6.07. The van der Waals surface area contributed by atoms with Gasteiger partial charge >= 0.3 is 0 Å². The lowest BCUT2D eigenvalue weighted by molar-refractivity contribution is -0.122. The molecule has 0 aliphatic carbocycles. The Morgan fingerprint density at radius 3 is 3.29 bits per heavy atom. The third kappa shape index (κ3) is 4.14. The smallest absolute Gasteiger partial charge is 0.228 e. The Morgan fingerprint density at radius 2 is 2.59 bits per heavy atom. The van der Waals surface area contributed by atoms with Crippen LogP contribution >= 0.6 is 0 Å². The van der Waals surface area contributed by atoms with Crippen molar-refractivity contribution in [3.05, 3.63) is 12.2 Å². The number of hydrogen-bond donors (Lipinski definition) is 2. The Bertz CT molecular complexity index is 333. The second-order valence-electron chi connectivity index (χ2n) is 4.35. The molecule has 6 heteroatoms. The third-order valence-electron chi connectivity index (χ3n) is 2.94. The average Bonchev–Trinajstić information content (AvgIpc) is 2.83. The number of hydrogen-bond acceptors (Lipinski definition) is 5. The maximum atomic E-state index is 11.6. The van der Waals surface area contributed by atoms with Gasteiger partial charge in [0.25, 0.3) is 0 Å². The SMILES string of the molecule is O=C(CC1CCCNC1)NCCc1ncno1. The van der Waals surface area contributed by atoms with E-state index in [1.54, 1.807) is 0 Å². The van der Waals surface area contributed by atoms with E-state index in [-0.39, 0.29) is 5.91 Å². The van der Waals surface area contributed by atoms with Gasteiger partial charge in [0.15, 0.2) is 6.33 Å². The van der Waals surface area contributed by atoms with Crippen molar-refractivity contribution in [2.75, 3.05) is 19.6 Å². The highest BCUT2D eigenvalue weighted by Gasteiger charge is 2.16. The van der Waals surface area contributed by atoms with Crippen molar-refractivity contribution in [3.8, 4) is 0 Å². The quantitative estimate of drug-likeness (QED) is 0.761.